The predicted octanol–water partition coefficient (Wildman–Crippen LogP) is 4.02. The zero-order valence-electron chi connectivity index (χ0n) is 12.5. The highest BCUT2D eigenvalue weighted by Gasteiger charge is 2.07. The second kappa shape index (κ2) is 6.75. The zero-order valence-corrected chi connectivity index (χ0v) is 13.3. The number of hydrogen-bond donors (Lipinski definition) is 1. The van der Waals surface area contributed by atoms with Gasteiger partial charge in [-0.1, -0.05) is 6.92 Å². The number of carbonyl (C=O) groups is 1. The lowest BCUT2D eigenvalue weighted by atomic mass is 10.3. The Kier molecular flexibility index (Phi) is 4.52. The first-order valence-electron chi connectivity index (χ1n) is 7.21. The first-order chi connectivity index (χ1) is 11.1. The van der Waals surface area contributed by atoms with E-state index in [1.54, 1.807) is 11.3 Å². The highest BCUT2D eigenvalue weighted by atomic mass is 32.1. The molecular formula is C17H15FN2O2S. The molecule has 0 spiro atoms. The molecular weight excluding hydrogens is 315 g/mol. The molecule has 0 radical (unpaired) electrons. The summed E-state index contributed by atoms with van der Waals surface area (Å²) < 4.78 is 19.1. The van der Waals surface area contributed by atoms with E-state index in [1.165, 1.54) is 24.3 Å². The number of aromatic nitrogens is 1. The maximum absolute atomic E-state index is 12.8. The number of thiazole rings is 1. The molecule has 4 nitrogen and oxygen atoms in total. The summed E-state index contributed by atoms with van der Waals surface area (Å²) in [6.07, 6.45) is 0.895. The SMILES string of the molecule is CCc1nc2ccc(NC(=O)COc3ccc(F)cc3)cc2s1. The molecule has 0 atom stereocenters. The van der Waals surface area contributed by atoms with Crippen LogP contribution in [0.3, 0.4) is 0 Å². The van der Waals surface area contributed by atoms with Crippen LogP contribution in [0.25, 0.3) is 10.2 Å². The molecule has 0 aliphatic rings. The van der Waals surface area contributed by atoms with Gasteiger partial charge in [-0.05, 0) is 48.9 Å². The van der Waals surface area contributed by atoms with Gasteiger partial charge in [0.25, 0.3) is 5.91 Å². The van der Waals surface area contributed by atoms with E-state index in [-0.39, 0.29) is 18.3 Å². The molecule has 3 aromatic rings. The van der Waals surface area contributed by atoms with Crippen molar-refractivity contribution >= 4 is 33.1 Å². The molecule has 0 saturated carbocycles. The van der Waals surface area contributed by atoms with Crippen LogP contribution in [0.4, 0.5) is 10.1 Å². The van der Waals surface area contributed by atoms with Crippen LogP contribution in [0.15, 0.2) is 42.5 Å². The molecule has 1 N–H and O–H groups in total. The summed E-state index contributed by atoms with van der Waals surface area (Å²) in [6.45, 7) is 1.93. The fourth-order valence-electron chi connectivity index (χ4n) is 2.08. The Morgan fingerprint density at radius 2 is 2.04 bits per heavy atom. The maximum Gasteiger partial charge on any atom is 0.262 e. The van der Waals surface area contributed by atoms with Crippen LogP contribution in [0, 0.1) is 5.82 Å². The third kappa shape index (κ3) is 3.84. The Balaban J connectivity index is 1.61. The number of halogens is 1. The minimum absolute atomic E-state index is 0.132. The fraction of sp³-hybridized carbons (Fsp3) is 0.176. The standard InChI is InChI=1S/C17H15FN2O2S/c1-2-17-20-14-8-5-12(9-15(14)23-17)19-16(21)10-22-13-6-3-11(18)4-7-13/h3-9H,2,10H2,1H3,(H,19,21). The molecule has 1 heterocycles. The van der Waals surface area contributed by atoms with Crippen LogP contribution >= 0.6 is 11.3 Å². The topological polar surface area (TPSA) is 51.2 Å². The molecule has 0 fully saturated rings. The van der Waals surface area contributed by atoms with Gasteiger partial charge in [0, 0.05) is 5.69 Å². The first-order valence-corrected chi connectivity index (χ1v) is 8.03. The van der Waals surface area contributed by atoms with Gasteiger partial charge >= 0.3 is 0 Å². The quantitative estimate of drug-likeness (QED) is 0.769. The Bertz CT molecular complexity index is 830. The third-order valence-corrected chi connectivity index (χ3v) is 4.36. The molecule has 0 aliphatic heterocycles. The summed E-state index contributed by atoms with van der Waals surface area (Å²) in [7, 11) is 0. The second-order valence-corrected chi connectivity index (χ2v) is 6.05. The number of aryl methyl sites for hydroxylation is 1. The summed E-state index contributed by atoms with van der Waals surface area (Å²) >= 11 is 1.62. The lowest BCUT2D eigenvalue weighted by molar-refractivity contribution is -0.118. The summed E-state index contributed by atoms with van der Waals surface area (Å²) in [5.74, 6) is -0.160. The number of rotatable bonds is 5. The summed E-state index contributed by atoms with van der Waals surface area (Å²) in [6, 6.07) is 11.2. The fourth-order valence-corrected chi connectivity index (χ4v) is 3.02. The highest BCUT2D eigenvalue weighted by molar-refractivity contribution is 7.18. The number of carbonyl (C=O) groups excluding carboxylic acids is 1. The number of ether oxygens (including phenoxy) is 1. The Labute approximate surface area is 136 Å². The molecule has 0 unspecified atom stereocenters. The van der Waals surface area contributed by atoms with Crippen LogP contribution in [0.5, 0.6) is 5.75 Å². The van der Waals surface area contributed by atoms with Gasteiger partial charge in [-0.25, -0.2) is 9.37 Å². The van der Waals surface area contributed by atoms with Crippen molar-refractivity contribution in [3.8, 4) is 5.75 Å². The van der Waals surface area contributed by atoms with E-state index in [2.05, 4.69) is 17.2 Å². The monoisotopic (exact) mass is 330 g/mol. The summed E-state index contributed by atoms with van der Waals surface area (Å²) in [5.41, 5.74) is 1.64. The van der Waals surface area contributed by atoms with Crippen molar-refractivity contribution in [3.63, 3.8) is 0 Å². The smallest absolute Gasteiger partial charge is 0.262 e. The van der Waals surface area contributed by atoms with E-state index >= 15 is 0 Å². The molecule has 23 heavy (non-hydrogen) atoms. The van der Waals surface area contributed by atoms with E-state index in [9.17, 15) is 9.18 Å². The van der Waals surface area contributed by atoms with Gasteiger partial charge in [0.1, 0.15) is 11.6 Å². The summed E-state index contributed by atoms with van der Waals surface area (Å²) in [4.78, 5) is 16.4. The number of nitrogens with one attached hydrogen (secondary N) is 1. The van der Waals surface area contributed by atoms with Gasteiger partial charge in [-0.2, -0.15) is 0 Å². The van der Waals surface area contributed by atoms with Crippen molar-refractivity contribution in [3.05, 3.63) is 53.3 Å². The van der Waals surface area contributed by atoms with E-state index in [0.29, 0.717) is 11.4 Å². The lowest BCUT2D eigenvalue weighted by Gasteiger charge is -2.07. The average Bonchev–Trinajstić information content (AvgIpc) is 2.97. The first kappa shape index (κ1) is 15.4. The molecule has 3 rings (SSSR count). The third-order valence-electron chi connectivity index (χ3n) is 3.20. The number of fused-ring (bicyclic) bond motifs is 1. The molecule has 2 aromatic carbocycles. The van der Waals surface area contributed by atoms with Crippen LogP contribution in [-0.2, 0) is 11.2 Å². The number of anilines is 1. The van der Waals surface area contributed by atoms with Crippen LogP contribution in [0.2, 0.25) is 0 Å². The van der Waals surface area contributed by atoms with Crippen molar-refractivity contribution < 1.29 is 13.9 Å². The molecule has 1 aromatic heterocycles. The van der Waals surface area contributed by atoms with Crippen molar-refractivity contribution in [2.45, 2.75) is 13.3 Å². The normalized spacial score (nSPS) is 10.7. The van der Waals surface area contributed by atoms with Crippen LogP contribution in [0.1, 0.15) is 11.9 Å². The van der Waals surface area contributed by atoms with Crippen molar-refractivity contribution in [2.75, 3.05) is 11.9 Å². The molecule has 0 bridgehead atoms. The Hall–Kier alpha value is -2.47. The van der Waals surface area contributed by atoms with Crippen LogP contribution in [-0.4, -0.2) is 17.5 Å². The van der Waals surface area contributed by atoms with Crippen LogP contribution < -0.4 is 10.1 Å². The van der Waals surface area contributed by atoms with Gasteiger partial charge < -0.3 is 10.1 Å². The minimum atomic E-state index is -0.342. The average molecular weight is 330 g/mol. The second-order valence-electron chi connectivity index (χ2n) is 4.93. The predicted molar refractivity (Wildman–Crippen MR) is 89.5 cm³/mol. The minimum Gasteiger partial charge on any atom is -0.484 e. The number of hydrogen-bond acceptors (Lipinski definition) is 4. The highest BCUT2D eigenvalue weighted by Crippen LogP contribution is 2.25. The number of benzene rings is 2. The number of amides is 1. The van der Waals surface area contributed by atoms with E-state index in [0.717, 1.165) is 21.6 Å². The van der Waals surface area contributed by atoms with E-state index < -0.39 is 0 Å². The molecule has 6 heteroatoms. The van der Waals surface area contributed by atoms with Gasteiger partial charge in [0.2, 0.25) is 0 Å². The molecule has 0 aliphatic carbocycles. The van der Waals surface area contributed by atoms with Gasteiger partial charge in [0.05, 0.1) is 15.2 Å². The Morgan fingerprint density at radius 1 is 1.26 bits per heavy atom. The maximum atomic E-state index is 12.8. The van der Waals surface area contributed by atoms with E-state index in [1.807, 2.05) is 18.2 Å². The van der Waals surface area contributed by atoms with E-state index in [4.69, 9.17) is 4.74 Å². The molecule has 1 amide bonds. The van der Waals surface area contributed by atoms with Crippen molar-refractivity contribution in [2.24, 2.45) is 0 Å². The molecule has 118 valence electrons. The van der Waals surface area contributed by atoms with Gasteiger partial charge in [-0.15, -0.1) is 11.3 Å². The summed E-state index contributed by atoms with van der Waals surface area (Å²) in [5, 5.41) is 3.86. The van der Waals surface area contributed by atoms with Gasteiger partial charge in [0.15, 0.2) is 6.61 Å². The van der Waals surface area contributed by atoms with Crippen molar-refractivity contribution in [1.29, 1.82) is 0 Å². The lowest BCUT2D eigenvalue weighted by Crippen LogP contribution is -2.20. The van der Waals surface area contributed by atoms with Crippen molar-refractivity contribution in [1.82, 2.24) is 4.98 Å². The largest absolute Gasteiger partial charge is 0.484 e. The zero-order chi connectivity index (χ0) is 16.2. The number of nitrogens with zero attached hydrogens (tertiary/aromatic N) is 1. The molecule has 0 saturated heterocycles. The Morgan fingerprint density at radius 3 is 2.78 bits per heavy atom. The van der Waals surface area contributed by atoms with Gasteiger partial charge in [-0.3, -0.25) is 4.79 Å².